The molecule has 1 saturated heterocycles. The number of pyridine rings is 1. The van der Waals surface area contributed by atoms with Crippen molar-refractivity contribution in [1.82, 2.24) is 14.8 Å². The van der Waals surface area contributed by atoms with Gasteiger partial charge in [-0.15, -0.1) is 0 Å². The lowest BCUT2D eigenvalue weighted by Gasteiger charge is -2.38. The average molecular weight is 344 g/mol. The van der Waals surface area contributed by atoms with Crippen LogP contribution in [0.4, 0.5) is 0 Å². The third-order valence-electron chi connectivity index (χ3n) is 4.66. The summed E-state index contributed by atoms with van der Waals surface area (Å²) in [6, 6.07) is 11.9. The second-order valence-electron chi connectivity index (χ2n) is 6.21. The minimum atomic E-state index is 0.0625. The first-order valence-electron chi connectivity index (χ1n) is 8.26. The van der Waals surface area contributed by atoms with Gasteiger partial charge in [0.2, 0.25) is 0 Å². The number of halogens is 1. The summed E-state index contributed by atoms with van der Waals surface area (Å²) in [6.45, 7) is 7.23. The van der Waals surface area contributed by atoms with Crippen LogP contribution in [-0.4, -0.2) is 46.9 Å². The molecule has 0 spiro atoms. The molecule has 24 heavy (non-hydrogen) atoms. The van der Waals surface area contributed by atoms with Gasteiger partial charge in [-0.3, -0.25) is 14.7 Å². The Bertz CT molecular complexity index is 709. The quantitative estimate of drug-likeness (QED) is 0.855. The number of benzene rings is 1. The highest BCUT2D eigenvalue weighted by molar-refractivity contribution is 6.31. The maximum atomic E-state index is 12.6. The molecule has 0 radical (unpaired) electrons. The van der Waals surface area contributed by atoms with Crippen molar-refractivity contribution < 1.29 is 4.79 Å². The lowest BCUT2D eigenvalue weighted by molar-refractivity contribution is 0.0582. The Morgan fingerprint density at radius 3 is 2.46 bits per heavy atom. The van der Waals surface area contributed by atoms with E-state index in [0.717, 1.165) is 42.5 Å². The van der Waals surface area contributed by atoms with E-state index < -0.39 is 0 Å². The van der Waals surface area contributed by atoms with Gasteiger partial charge in [0.1, 0.15) is 0 Å². The number of hydrogen-bond donors (Lipinski definition) is 0. The Morgan fingerprint density at radius 2 is 1.83 bits per heavy atom. The molecule has 1 amide bonds. The molecule has 0 aliphatic carbocycles. The summed E-state index contributed by atoms with van der Waals surface area (Å²) in [5.74, 6) is 0.0625. The summed E-state index contributed by atoms with van der Waals surface area (Å²) in [5.41, 5.74) is 2.72. The molecule has 0 saturated carbocycles. The number of nitrogens with zero attached hydrogens (tertiary/aromatic N) is 3. The largest absolute Gasteiger partial charge is 0.336 e. The zero-order chi connectivity index (χ0) is 17.1. The Hall–Kier alpha value is -1.91. The van der Waals surface area contributed by atoms with Crippen LogP contribution in [0.3, 0.4) is 0 Å². The normalized spacial score (nSPS) is 16.9. The van der Waals surface area contributed by atoms with E-state index in [2.05, 4.69) is 22.9 Å². The van der Waals surface area contributed by atoms with E-state index in [9.17, 15) is 4.79 Å². The SMILES string of the molecule is Cc1ccc(C(=O)N2CCN(C(C)c3ccccc3Cl)CC2)cn1. The number of hydrogen-bond acceptors (Lipinski definition) is 3. The molecule has 2 heterocycles. The Labute approximate surface area is 148 Å². The molecule has 1 fully saturated rings. The van der Waals surface area contributed by atoms with Crippen molar-refractivity contribution >= 4 is 17.5 Å². The van der Waals surface area contributed by atoms with E-state index in [4.69, 9.17) is 11.6 Å². The number of aromatic nitrogens is 1. The van der Waals surface area contributed by atoms with Gasteiger partial charge in [0.15, 0.2) is 0 Å². The monoisotopic (exact) mass is 343 g/mol. The van der Waals surface area contributed by atoms with E-state index >= 15 is 0 Å². The number of carbonyl (C=O) groups is 1. The van der Waals surface area contributed by atoms with Crippen LogP contribution in [0.15, 0.2) is 42.6 Å². The number of aryl methyl sites for hydroxylation is 1. The highest BCUT2D eigenvalue weighted by Gasteiger charge is 2.26. The zero-order valence-corrected chi connectivity index (χ0v) is 14.8. The van der Waals surface area contributed by atoms with Gasteiger partial charge in [-0.05, 0) is 37.6 Å². The predicted molar refractivity (Wildman–Crippen MR) is 96.3 cm³/mol. The fourth-order valence-corrected chi connectivity index (χ4v) is 3.39. The molecule has 1 aliphatic heterocycles. The second kappa shape index (κ2) is 7.32. The van der Waals surface area contributed by atoms with Gasteiger partial charge in [-0.2, -0.15) is 0 Å². The lowest BCUT2D eigenvalue weighted by Crippen LogP contribution is -2.49. The van der Waals surface area contributed by atoms with Crippen LogP contribution in [0.5, 0.6) is 0 Å². The maximum Gasteiger partial charge on any atom is 0.255 e. The van der Waals surface area contributed by atoms with Crippen LogP contribution in [0.25, 0.3) is 0 Å². The molecule has 0 N–H and O–H groups in total. The molecule has 2 aromatic rings. The summed E-state index contributed by atoms with van der Waals surface area (Å²) in [4.78, 5) is 21.1. The van der Waals surface area contributed by atoms with E-state index in [-0.39, 0.29) is 11.9 Å². The van der Waals surface area contributed by atoms with Crippen LogP contribution in [-0.2, 0) is 0 Å². The summed E-state index contributed by atoms with van der Waals surface area (Å²) >= 11 is 6.31. The molecule has 126 valence electrons. The average Bonchev–Trinajstić information content (AvgIpc) is 2.62. The van der Waals surface area contributed by atoms with Crippen LogP contribution in [0.2, 0.25) is 5.02 Å². The molecule has 1 aliphatic rings. The molecule has 1 atom stereocenters. The minimum absolute atomic E-state index is 0.0625. The second-order valence-corrected chi connectivity index (χ2v) is 6.62. The molecule has 1 aromatic carbocycles. The third-order valence-corrected chi connectivity index (χ3v) is 5.01. The van der Waals surface area contributed by atoms with Gasteiger partial charge < -0.3 is 4.90 Å². The van der Waals surface area contributed by atoms with Crippen molar-refractivity contribution in [3.63, 3.8) is 0 Å². The van der Waals surface area contributed by atoms with Crippen molar-refractivity contribution in [3.05, 3.63) is 64.4 Å². The van der Waals surface area contributed by atoms with Crippen molar-refractivity contribution in [2.45, 2.75) is 19.9 Å². The fraction of sp³-hybridized carbons (Fsp3) is 0.368. The highest BCUT2D eigenvalue weighted by atomic mass is 35.5. The van der Waals surface area contributed by atoms with Crippen LogP contribution in [0.1, 0.15) is 34.6 Å². The highest BCUT2D eigenvalue weighted by Crippen LogP contribution is 2.27. The molecule has 3 rings (SSSR count). The summed E-state index contributed by atoms with van der Waals surface area (Å²) in [7, 11) is 0. The van der Waals surface area contributed by atoms with Gasteiger partial charge in [-0.25, -0.2) is 0 Å². The number of amides is 1. The van der Waals surface area contributed by atoms with Crippen molar-refractivity contribution in [1.29, 1.82) is 0 Å². The van der Waals surface area contributed by atoms with Crippen LogP contribution in [0, 0.1) is 6.92 Å². The first-order valence-corrected chi connectivity index (χ1v) is 8.64. The molecule has 4 nitrogen and oxygen atoms in total. The van der Waals surface area contributed by atoms with E-state index in [1.165, 1.54) is 0 Å². The van der Waals surface area contributed by atoms with Crippen molar-refractivity contribution in [2.24, 2.45) is 0 Å². The number of rotatable bonds is 3. The lowest BCUT2D eigenvalue weighted by atomic mass is 10.1. The Balaban J connectivity index is 1.62. The summed E-state index contributed by atoms with van der Waals surface area (Å²) in [6.07, 6.45) is 1.66. The number of carbonyl (C=O) groups excluding carboxylic acids is 1. The van der Waals surface area contributed by atoms with Gasteiger partial charge >= 0.3 is 0 Å². The predicted octanol–water partition coefficient (Wildman–Crippen LogP) is 3.56. The minimum Gasteiger partial charge on any atom is -0.336 e. The van der Waals surface area contributed by atoms with Gasteiger partial charge in [0.05, 0.1) is 5.56 Å². The smallest absolute Gasteiger partial charge is 0.255 e. The molecule has 1 aromatic heterocycles. The third kappa shape index (κ3) is 3.60. The van der Waals surface area contributed by atoms with E-state index in [0.29, 0.717) is 5.56 Å². The van der Waals surface area contributed by atoms with Crippen molar-refractivity contribution in [3.8, 4) is 0 Å². The van der Waals surface area contributed by atoms with Gasteiger partial charge in [-0.1, -0.05) is 29.8 Å². The maximum absolute atomic E-state index is 12.6. The van der Waals surface area contributed by atoms with Crippen LogP contribution >= 0.6 is 11.6 Å². The van der Waals surface area contributed by atoms with E-state index in [1.54, 1.807) is 6.20 Å². The first-order chi connectivity index (χ1) is 11.6. The van der Waals surface area contributed by atoms with Gasteiger partial charge in [0.25, 0.3) is 5.91 Å². The van der Waals surface area contributed by atoms with E-state index in [1.807, 2.05) is 42.2 Å². The molecular formula is C19H22ClN3O. The Kier molecular flexibility index (Phi) is 5.17. The van der Waals surface area contributed by atoms with Gasteiger partial charge in [0, 0.05) is 49.1 Å². The van der Waals surface area contributed by atoms with Crippen LogP contribution < -0.4 is 0 Å². The molecule has 1 unspecified atom stereocenters. The topological polar surface area (TPSA) is 36.4 Å². The molecule has 5 heteroatoms. The standard InChI is InChI=1S/C19H22ClN3O/c1-14-7-8-16(13-21-14)19(24)23-11-9-22(10-12-23)15(2)17-5-3-4-6-18(17)20/h3-8,13,15H,9-12H2,1-2H3. The summed E-state index contributed by atoms with van der Waals surface area (Å²) in [5, 5.41) is 0.800. The molecule has 0 bridgehead atoms. The fourth-order valence-electron chi connectivity index (χ4n) is 3.10. The first kappa shape index (κ1) is 16.9. The number of piperazine rings is 1. The summed E-state index contributed by atoms with van der Waals surface area (Å²) < 4.78 is 0. The Morgan fingerprint density at radius 1 is 1.12 bits per heavy atom. The zero-order valence-electron chi connectivity index (χ0n) is 14.1. The van der Waals surface area contributed by atoms with Crippen molar-refractivity contribution in [2.75, 3.05) is 26.2 Å². The molecular weight excluding hydrogens is 322 g/mol.